The van der Waals surface area contributed by atoms with Crippen LogP contribution in [0.1, 0.15) is 48.0 Å². The highest BCUT2D eigenvalue weighted by atomic mass is 16.1. The summed E-state index contributed by atoms with van der Waals surface area (Å²) in [4.78, 5) is 16.3. The molecular formula is C16H30N4O. The van der Waals surface area contributed by atoms with E-state index in [2.05, 4.69) is 51.8 Å². The first-order valence-electron chi connectivity index (χ1n) is 7.51. The molecule has 0 aromatic carbocycles. The van der Waals surface area contributed by atoms with Crippen molar-refractivity contribution < 1.29 is 4.79 Å². The number of rotatable bonds is 5. The monoisotopic (exact) mass is 294 g/mol. The first kappa shape index (κ1) is 17.7. The molecule has 0 aliphatic heterocycles. The van der Waals surface area contributed by atoms with Crippen LogP contribution >= 0.6 is 0 Å². The number of nitrogens with one attached hydrogen (secondary N) is 1. The number of amides is 1. The lowest BCUT2D eigenvalue weighted by molar-refractivity contribution is -0.123. The Kier molecular flexibility index (Phi) is 5.56. The summed E-state index contributed by atoms with van der Waals surface area (Å²) in [5.74, 6) is 0.0115. The van der Waals surface area contributed by atoms with Gasteiger partial charge in [-0.2, -0.15) is 0 Å². The Bertz CT molecular complexity index is 440. The summed E-state index contributed by atoms with van der Waals surface area (Å²) >= 11 is 0. The topological polar surface area (TPSA) is 72.9 Å². The van der Waals surface area contributed by atoms with Gasteiger partial charge in [0.05, 0.1) is 12.4 Å². The first-order valence-corrected chi connectivity index (χ1v) is 7.51. The molecule has 0 fully saturated rings. The lowest BCUT2D eigenvalue weighted by atomic mass is 9.84. The van der Waals surface area contributed by atoms with Crippen molar-refractivity contribution in [1.29, 1.82) is 0 Å². The van der Waals surface area contributed by atoms with Gasteiger partial charge in [0, 0.05) is 31.4 Å². The number of nitrogens with two attached hydrogens (primary N) is 1. The van der Waals surface area contributed by atoms with Crippen LogP contribution in [0.5, 0.6) is 0 Å². The number of imidazole rings is 1. The van der Waals surface area contributed by atoms with Crippen LogP contribution in [0.15, 0.2) is 18.7 Å². The van der Waals surface area contributed by atoms with Crippen LogP contribution < -0.4 is 11.1 Å². The maximum Gasteiger partial charge on any atom is 0.221 e. The number of hydrogen-bond donors (Lipinski definition) is 2. The molecule has 0 radical (unpaired) electrons. The largest absolute Gasteiger partial charge is 0.351 e. The van der Waals surface area contributed by atoms with E-state index in [0.717, 1.165) is 0 Å². The van der Waals surface area contributed by atoms with Crippen molar-refractivity contribution in [1.82, 2.24) is 14.9 Å². The van der Waals surface area contributed by atoms with Gasteiger partial charge in [0.25, 0.3) is 0 Å². The third-order valence-electron chi connectivity index (χ3n) is 3.85. The van der Waals surface area contributed by atoms with Gasteiger partial charge in [-0.05, 0) is 10.8 Å². The second kappa shape index (κ2) is 6.60. The van der Waals surface area contributed by atoms with E-state index in [-0.39, 0.29) is 28.8 Å². The molecule has 0 bridgehead atoms. The molecule has 0 aliphatic carbocycles. The lowest BCUT2D eigenvalue weighted by Crippen LogP contribution is -2.48. The molecule has 1 aromatic heterocycles. The van der Waals surface area contributed by atoms with Crippen LogP contribution in [0.25, 0.3) is 0 Å². The SMILES string of the molecule is CC(C)(C)C(N)CC(=O)NC(Cn1ccnc1)C(C)(C)C. The maximum absolute atomic E-state index is 12.3. The average molecular weight is 294 g/mol. The molecule has 0 saturated carbocycles. The molecule has 5 heteroatoms. The van der Waals surface area contributed by atoms with Crippen LogP contribution in [0, 0.1) is 10.8 Å². The summed E-state index contributed by atoms with van der Waals surface area (Å²) in [6.07, 6.45) is 5.77. The van der Waals surface area contributed by atoms with Crippen LogP contribution in [0.4, 0.5) is 0 Å². The molecule has 0 spiro atoms. The molecule has 1 rings (SSSR count). The van der Waals surface area contributed by atoms with Gasteiger partial charge < -0.3 is 15.6 Å². The maximum atomic E-state index is 12.3. The summed E-state index contributed by atoms with van der Waals surface area (Å²) in [6.45, 7) is 13.2. The molecule has 0 aliphatic rings. The number of hydrogen-bond acceptors (Lipinski definition) is 3. The zero-order chi connectivity index (χ0) is 16.3. The van der Waals surface area contributed by atoms with E-state index < -0.39 is 0 Å². The number of carbonyl (C=O) groups is 1. The fourth-order valence-electron chi connectivity index (χ4n) is 1.90. The third kappa shape index (κ3) is 5.87. The Morgan fingerprint density at radius 1 is 1.24 bits per heavy atom. The van der Waals surface area contributed by atoms with Crippen molar-refractivity contribution in [2.45, 2.75) is 66.6 Å². The van der Waals surface area contributed by atoms with Crippen LogP contribution in [-0.2, 0) is 11.3 Å². The van der Waals surface area contributed by atoms with Gasteiger partial charge in [-0.3, -0.25) is 4.79 Å². The molecule has 3 N–H and O–H groups in total. The fourth-order valence-corrected chi connectivity index (χ4v) is 1.90. The Balaban J connectivity index is 2.67. The van der Waals surface area contributed by atoms with Gasteiger partial charge >= 0.3 is 0 Å². The Morgan fingerprint density at radius 2 is 1.86 bits per heavy atom. The van der Waals surface area contributed by atoms with E-state index in [4.69, 9.17) is 5.73 Å². The Morgan fingerprint density at radius 3 is 2.29 bits per heavy atom. The molecule has 21 heavy (non-hydrogen) atoms. The van der Waals surface area contributed by atoms with Crippen molar-refractivity contribution in [3.05, 3.63) is 18.7 Å². The minimum Gasteiger partial charge on any atom is -0.351 e. The predicted octanol–water partition coefficient (Wildman–Crippen LogP) is 2.18. The summed E-state index contributed by atoms with van der Waals surface area (Å²) in [7, 11) is 0. The van der Waals surface area contributed by atoms with E-state index >= 15 is 0 Å². The minimum absolute atomic E-state index is 0.0115. The molecule has 0 saturated heterocycles. The fraction of sp³-hybridized carbons (Fsp3) is 0.750. The Hall–Kier alpha value is -1.36. The predicted molar refractivity (Wildman–Crippen MR) is 85.7 cm³/mol. The van der Waals surface area contributed by atoms with Crippen molar-refractivity contribution in [2.75, 3.05) is 0 Å². The molecule has 120 valence electrons. The van der Waals surface area contributed by atoms with Crippen molar-refractivity contribution in [3.8, 4) is 0 Å². The third-order valence-corrected chi connectivity index (χ3v) is 3.85. The lowest BCUT2D eigenvalue weighted by Gasteiger charge is -2.33. The van der Waals surface area contributed by atoms with Gasteiger partial charge in [-0.25, -0.2) is 4.98 Å². The quantitative estimate of drug-likeness (QED) is 0.874. The van der Waals surface area contributed by atoms with Crippen molar-refractivity contribution >= 4 is 5.91 Å². The summed E-state index contributed by atoms with van der Waals surface area (Å²) in [5.41, 5.74) is 5.99. The van der Waals surface area contributed by atoms with Crippen molar-refractivity contribution in [2.24, 2.45) is 16.6 Å². The van der Waals surface area contributed by atoms with Gasteiger partial charge in [0.1, 0.15) is 0 Å². The van der Waals surface area contributed by atoms with Gasteiger partial charge in [-0.1, -0.05) is 41.5 Å². The van der Waals surface area contributed by atoms with E-state index in [9.17, 15) is 4.79 Å². The normalized spacial score (nSPS) is 15.6. The highest BCUT2D eigenvalue weighted by molar-refractivity contribution is 5.77. The average Bonchev–Trinajstić information content (AvgIpc) is 2.78. The molecule has 1 amide bonds. The summed E-state index contributed by atoms with van der Waals surface area (Å²) in [6, 6.07) is -0.113. The van der Waals surface area contributed by atoms with Gasteiger partial charge in [0.15, 0.2) is 0 Å². The number of carbonyl (C=O) groups excluding carboxylic acids is 1. The smallest absolute Gasteiger partial charge is 0.221 e. The second-order valence-electron chi connectivity index (χ2n) is 7.92. The van der Waals surface area contributed by atoms with Gasteiger partial charge in [0.2, 0.25) is 5.91 Å². The second-order valence-corrected chi connectivity index (χ2v) is 7.92. The molecule has 5 nitrogen and oxygen atoms in total. The molecule has 1 heterocycles. The van der Waals surface area contributed by atoms with E-state index in [1.807, 2.05) is 10.8 Å². The number of aromatic nitrogens is 2. The van der Waals surface area contributed by atoms with E-state index in [0.29, 0.717) is 13.0 Å². The van der Waals surface area contributed by atoms with Crippen molar-refractivity contribution in [3.63, 3.8) is 0 Å². The van der Waals surface area contributed by atoms with E-state index in [1.165, 1.54) is 0 Å². The van der Waals surface area contributed by atoms with Gasteiger partial charge in [-0.15, -0.1) is 0 Å². The summed E-state index contributed by atoms with van der Waals surface area (Å²) < 4.78 is 1.99. The zero-order valence-corrected chi connectivity index (χ0v) is 14.2. The molecule has 2 atom stereocenters. The molecule has 1 aromatic rings. The minimum atomic E-state index is -0.147. The first-order chi connectivity index (χ1) is 9.50. The Labute approximate surface area is 128 Å². The standard InChI is InChI=1S/C16H30N4O/c1-15(2,3)12(17)9-14(21)19-13(16(4,5)6)10-20-8-7-18-11-20/h7-8,11-13H,9-10,17H2,1-6H3,(H,19,21). The summed E-state index contributed by atoms with van der Waals surface area (Å²) in [5, 5.41) is 3.13. The van der Waals surface area contributed by atoms with Crippen LogP contribution in [-0.4, -0.2) is 27.5 Å². The molecular weight excluding hydrogens is 264 g/mol. The van der Waals surface area contributed by atoms with Crippen LogP contribution in [0.3, 0.4) is 0 Å². The zero-order valence-electron chi connectivity index (χ0n) is 14.2. The van der Waals surface area contributed by atoms with Crippen LogP contribution in [0.2, 0.25) is 0 Å². The highest BCUT2D eigenvalue weighted by Gasteiger charge is 2.29. The molecule has 2 unspecified atom stereocenters. The number of nitrogens with zero attached hydrogens (tertiary/aromatic N) is 2. The highest BCUT2D eigenvalue weighted by Crippen LogP contribution is 2.22. The van der Waals surface area contributed by atoms with E-state index in [1.54, 1.807) is 12.5 Å².